The zero-order valence-corrected chi connectivity index (χ0v) is 13.5. The summed E-state index contributed by atoms with van der Waals surface area (Å²) in [4.78, 5) is 9.88. The summed E-state index contributed by atoms with van der Waals surface area (Å²) in [6.45, 7) is 0.0657. The summed E-state index contributed by atoms with van der Waals surface area (Å²) in [5.41, 5.74) is 5.30. The highest BCUT2D eigenvalue weighted by molar-refractivity contribution is 7.89. The van der Waals surface area contributed by atoms with Gasteiger partial charge in [0.1, 0.15) is 5.75 Å². The summed E-state index contributed by atoms with van der Waals surface area (Å²) in [5, 5.41) is 11.0. The fourth-order valence-electron chi connectivity index (χ4n) is 1.97. The lowest BCUT2D eigenvalue weighted by Gasteiger charge is -2.12. The number of nitro benzene ring substituents is 1. The number of benzene rings is 1. The lowest BCUT2D eigenvalue weighted by atomic mass is 10.2. The van der Waals surface area contributed by atoms with Crippen molar-refractivity contribution in [3.63, 3.8) is 0 Å². The van der Waals surface area contributed by atoms with Crippen molar-refractivity contribution in [1.82, 2.24) is 4.72 Å². The first-order valence-corrected chi connectivity index (χ1v) is 7.91. The number of sulfonamides is 1. The largest absolute Gasteiger partial charge is 0.497 e. The Morgan fingerprint density at radius 2 is 2.14 bits per heavy atom. The molecule has 124 valence electrons. The van der Waals surface area contributed by atoms with Crippen LogP contribution in [0.3, 0.4) is 0 Å². The number of nitrogens with two attached hydrogens (primary N) is 1. The predicted octanol–water partition coefficient (Wildman–Crippen LogP) is 1.04. The van der Waals surface area contributed by atoms with Crippen molar-refractivity contribution >= 4 is 28.1 Å². The van der Waals surface area contributed by atoms with Crippen LogP contribution in [-0.2, 0) is 10.0 Å². The molecule has 0 aromatic heterocycles. The minimum absolute atomic E-state index is 0. The van der Waals surface area contributed by atoms with Crippen molar-refractivity contribution in [3.05, 3.63) is 28.3 Å². The van der Waals surface area contributed by atoms with E-state index in [1.807, 2.05) is 0 Å². The van der Waals surface area contributed by atoms with Crippen molar-refractivity contribution in [2.45, 2.75) is 23.8 Å². The Kier molecular flexibility index (Phi) is 6.12. The molecule has 0 amide bonds. The van der Waals surface area contributed by atoms with Crippen LogP contribution in [0.4, 0.5) is 5.69 Å². The van der Waals surface area contributed by atoms with Crippen molar-refractivity contribution in [3.8, 4) is 5.75 Å². The fraction of sp³-hybridized carbons (Fsp3) is 0.500. The second-order valence-electron chi connectivity index (χ2n) is 4.94. The lowest BCUT2D eigenvalue weighted by molar-refractivity contribution is -0.387. The normalized spacial score (nSPS) is 15.7. The molecule has 1 fully saturated rings. The summed E-state index contributed by atoms with van der Waals surface area (Å²) in [7, 11) is -2.64. The standard InChI is InChI=1S/C12H17N3O5S.ClH/c1-20-9-4-5-12(11(6-9)15(16)17)21(18,19)14-7-10(13)8-2-3-8;/h4-6,8,10,14H,2-3,7,13H2,1H3;1H. The second-order valence-corrected chi connectivity index (χ2v) is 6.68. The number of hydrogen-bond donors (Lipinski definition) is 2. The Hall–Kier alpha value is -1.42. The maximum absolute atomic E-state index is 12.2. The number of methoxy groups -OCH3 is 1. The molecular formula is C12H18ClN3O5S. The van der Waals surface area contributed by atoms with Gasteiger partial charge in [-0.3, -0.25) is 10.1 Å². The molecule has 2 rings (SSSR count). The van der Waals surface area contributed by atoms with E-state index in [-0.39, 0.29) is 30.7 Å². The molecule has 0 radical (unpaired) electrons. The number of rotatable bonds is 7. The Morgan fingerprint density at radius 1 is 1.50 bits per heavy atom. The molecule has 1 atom stereocenters. The molecule has 1 unspecified atom stereocenters. The smallest absolute Gasteiger partial charge is 0.293 e. The molecule has 22 heavy (non-hydrogen) atoms. The quantitative estimate of drug-likeness (QED) is 0.558. The summed E-state index contributed by atoms with van der Waals surface area (Å²) in [6, 6.07) is 3.33. The molecule has 1 aliphatic carbocycles. The van der Waals surface area contributed by atoms with Gasteiger partial charge in [0.05, 0.1) is 18.1 Å². The average molecular weight is 352 g/mol. The number of nitrogens with one attached hydrogen (secondary N) is 1. The van der Waals surface area contributed by atoms with Crippen molar-refractivity contribution in [2.24, 2.45) is 11.7 Å². The average Bonchev–Trinajstić information content (AvgIpc) is 3.28. The van der Waals surface area contributed by atoms with Gasteiger partial charge in [-0.25, -0.2) is 13.1 Å². The summed E-state index contributed by atoms with van der Waals surface area (Å²) >= 11 is 0. The third kappa shape index (κ3) is 4.29. The van der Waals surface area contributed by atoms with Crippen LogP contribution in [-0.4, -0.2) is 33.0 Å². The number of hydrogen-bond acceptors (Lipinski definition) is 6. The molecule has 10 heteroatoms. The molecule has 1 aliphatic rings. The third-order valence-corrected chi connectivity index (χ3v) is 4.86. The SMILES string of the molecule is COc1ccc(S(=O)(=O)NCC(N)C2CC2)c([N+](=O)[O-])c1.Cl. The van der Waals surface area contributed by atoms with E-state index < -0.39 is 25.5 Å². The maximum atomic E-state index is 12.2. The van der Waals surface area contributed by atoms with Gasteiger partial charge in [0.2, 0.25) is 10.0 Å². The summed E-state index contributed by atoms with van der Waals surface area (Å²) < 4.78 is 31.6. The topological polar surface area (TPSA) is 125 Å². The lowest BCUT2D eigenvalue weighted by Crippen LogP contribution is -2.38. The van der Waals surface area contributed by atoms with Crippen LogP contribution in [0.1, 0.15) is 12.8 Å². The molecule has 1 saturated carbocycles. The minimum Gasteiger partial charge on any atom is -0.497 e. The van der Waals surface area contributed by atoms with E-state index >= 15 is 0 Å². The van der Waals surface area contributed by atoms with Gasteiger partial charge in [0.15, 0.2) is 4.90 Å². The number of ether oxygens (including phenoxy) is 1. The predicted molar refractivity (Wildman–Crippen MR) is 82.8 cm³/mol. The number of halogens is 1. The van der Waals surface area contributed by atoms with Crippen molar-refractivity contribution in [2.75, 3.05) is 13.7 Å². The molecule has 0 spiro atoms. The molecule has 0 saturated heterocycles. The van der Waals surface area contributed by atoms with E-state index in [2.05, 4.69) is 4.72 Å². The van der Waals surface area contributed by atoms with E-state index in [0.717, 1.165) is 25.0 Å². The Balaban J connectivity index is 0.00000242. The molecule has 3 N–H and O–H groups in total. The van der Waals surface area contributed by atoms with Crippen LogP contribution in [0, 0.1) is 16.0 Å². The van der Waals surface area contributed by atoms with Crippen LogP contribution in [0.2, 0.25) is 0 Å². The van der Waals surface area contributed by atoms with Gasteiger partial charge in [-0.2, -0.15) is 0 Å². The highest BCUT2D eigenvalue weighted by Crippen LogP contribution is 2.32. The van der Waals surface area contributed by atoms with Crippen LogP contribution in [0.5, 0.6) is 5.75 Å². The van der Waals surface area contributed by atoms with Gasteiger partial charge in [0, 0.05) is 12.6 Å². The van der Waals surface area contributed by atoms with Crippen molar-refractivity contribution in [1.29, 1.82) is 0 Å². The first kappa shape index (κ1) is 18.6. The molecule has 8 nitrogen and oxygen atoms in total. The van der Waals surface area contributed by atoms with Crippen LogP contribution < -0.4 is 15.2 Å². The monoisotopic (exact) mass is 351 g/mol. The molecule has 0 bridgehead atoms. The van der Waals surface area contributed by atoms with E-state index in [9.17, 15) is 18.5 Å². The van der Waals surface area contributed by atoms with Gasteiger partial charge in [-0.15, -0.1) is 12.4 Å². The third-order valence-electron chi connectivity index (χ3n) is 3.39. The highest BCUT2D eigenvalue weighted by atomic mass is 35.5. The maximum Gasteiger partial charge on any atom is 0.293 e. The van der Waals surface area contributed by atoms with Crippen LogP contribution >= 0.6 is 12.4 Å². The zero-order valence-electron chi connectivity index (χ0n) is 11.9. The molecule has 1 aromatic carbocycles. The van der Waals surface area contributed by atoms with E-state index in [1.54, 1.807) is 0 Å². The van der Waals surface area contributed by atoms with Crippen LogP contribution in [0.15, 0.2) is 23.1 Å². The Bertz CT molecular complexity index is 648. The van der Waals surface area contributed by atoms with E-state index in [1.165, 1.54) is 13.2 Å². The van der Waals surface area contributed by atoms with Gasteiger partial charge >= 0.3 is 0 Å². The van der Waals surface area contributed by atoms with E-state index in [0.29, 0.717) is 5.92 Å². The van der Waals surface area contributed by atoms with Crippen molar-refractivity contribution < 1.29 is 18.1 Å². The molecular weight excluding hydrogens is 334 g/mol. The summed E-state index contributed by atoms with van der Waals surface area (Å²) in [6.07, 6.45) is 1.98. The minimum atomic E-state index is -3.99. The van der Waals surface area contributed by atoms with Gasteiger partial charge in [-0.1, -0.05) is 0 Å². The molecule has 0 heterocycles. The van der Waals surface area contributed by atoms with Gasteiger partial charge in [0.25, 0.3) is 5.69 Å². The first-order chi connectivity index (χ1) is 9.85. The first-order valence-electron chi connectivity index (χ1n) is 6.43. The molecule has 1 aromatic rings. The Labute approximate surface area is 134 Å². The van der Waals surface area contributed by atoms with Gasteiger partial charge in [-0.05, 0) is 30.9 Å². The fourth-order valence-corrected chi connectivity index (χ4v) is 3.19. The highest BCUT2D eigenvalue weighted by Gasteiger charge is 2.31. The number of nitro groups is 1. The zero-order chi connectivity index (χ0) is 15.6. The van der Waals surface area contributed by atoms with Gasteiger partial charge < -0.3 is 10.5 Å². The van der Waals surface area contributed by atoms with Crippen LogP contribution in [0.25, 0.3) is 0 Å². The Morgan fingerprint density at radius 3 is 2.64 bits per heavy atom. The summed E-state index contributed by atoms with van der Waals surface area (Å²) in [5.74, 6) is 0.550. The molecule has 0 aliphatic heterocycles. The number of nitrogens with zero attached hydrogens (tertiary/aromatic N) is 1. The second kappa shape index (κ2) is 7.23. The van der Waals surface area contributed by atoms with E-state index in [4.69, 9.17) is 10.5 Å².